The number of nitrogens with one attached hydrogen (secondary N) is 2. The average Bonchev–Trinajstić information content (AvgIpc) is 2.70. The number of halogens is 4. The molecule has 29 heavy (non-hydrogen) atoms. The first kappa shape index (κ1) is 20.5. The van der Waals surface area contributed by atoms with Crippen LogP contribution in [-0.2, 0) is 15.8 Å². The van der Waals surface area contributed by atoms with Gasteiger partial charge in [-0.1, -0.05) is 29.8 Å². The van der Waals surface area contributed by atoms with Crippen molar-refractivity contribution < 1.29 is 32.2 Å². The summed E-state index contributed by atoms with van der Waals surface area (Å²) >= 11 is 5.54. The number of alkyl halides is 3. The van der Waals surface area contributed by atoms with Gasteiger partial charge in [0, 0.05) is 6.08 Å². The van der Waals surface area contributed by atoms with Crippen LogP contribution in [0.2, 0.25) is 5.02 Å². The zero-order valence-electron chi connectivity index (χ0n) is 14.6. The quantitative estimate of drug-likeness (QED) is 0.583. The molecule has 10 heteroatoms. The van der Waals surface area contributed by atoms with Gasteiger partial charge in [0.05, 0.1) is 10.6 Å². The summed E-state index contributed by atoms with van der Waals surface area (Å²) in [6.45, 7) is -0.0421. The summed E-state index contributed by atoms with van der Waals surface area (Å²) < 4.78 is 49.4. The van der Waals surface area contributed by atoms with Crippen molar-refractivity contribution in [2.24, 2.45) is 0 Å². The number of hydrazine groups is 1. The van der Waals surface area contributed by atoms with E-state index in [0.29, 0.717) is 11.5 Å². The average molecular weight is 427 g/mol. The molecule has 0 saturated carbocycles. The number of hydrogen-bond donors (Lipinski definition) is 2. The summed E-state index contributed by atoms with van der Waals surface area (Å²) in [6.07, 6.45) is -3.46. The molecular formula is C19H14ClF3N2O4. The van der Waals surface area contributed by atoms with Crippen LogP contribution in [0.25, 0.3) is 6.08 Å². The number of ether oxygens (including phenoxy) is 2. The Morgan fingerprint density at radius 2 is 1.83 bits per heavy atom. The van der Waals surface area contributed by atoms with Crippen LogP contribution in [0.15, 0.2) is 48.5 Å². The first-order chi connectivity index (χ1) is 13.7. The zero-order chi connectivity index (χ0) is 21.0. The van der Waals surface area contributed by atoms with Gasteiger partial charge in [-0.25, -0.2) is 0 Å². The lowest BCUT2D eigenvalue weighted by Gasteiger charge is -2.25. The van der Waals surface area contributed by atoms with Gasteiger partial charge in [0.1, 0.15) is 6.61 Å². The van der Waals surface area contributed by atoms with Gasteiger partial charge in [-0.05, 0) is 35.9 Å². The largest absolute Gasteiger partial charge is 0.485 e. The highest BCUT2D eigenvalue weighted by atomic mass is 35.5. The molecule has 3 rings (SSSR count). The molecule has 6 nitrogen and oxygen atoms in total. The van der Waals surface area contributed by atoms with E-state index in [4.69, 9.17) is 21.1 Å². The second-order valence-electron chi connectivity index (χ2n) is 5.91. The molecule has 0 saturated heterocycles. The van der Waals surface area contributed by atoms with Crippen LogP contribution in [0.3, 0.4) is 0 Å². The highest BCUT2D eigenvalue weighted by molar-refractivity contribution is 6.31. The van der Waals surface area contributed by atoms with E-state index in [2.05, 4.69) is 10.9 Å². The number of amides is 2. The SMILES string of the molecule is O=C(/C=C/c1ccc(Cl)c(C(F)(F)F)c1)NNC(=O)C1COc2ccccc2O1. The fraction of sp³-hybridized carbons (Fsp3) is 0.158. The van der Waals surface area contributed by atoms with E-state index >= 15 is 0 Å². The molecule has 0 spiro atoms. The Kier molecular flexibility index (Phi) is 5.97. The Morgan fingerprint density at radius 3 is 2.55 bits per heavy atom. The smallest absolute Gasteiger partial charge is 0.417 e. The first-order valence-electron chi connectivity index (χ1n) is 8.27. The minimum absolute atomic E-state index is 0.0421. The molecule has 2 amide bonds. The molecule has 1 unspecified atom stereocenters. The molecule has 0 aromatic heterocycles. The monoisotopic (exact) mass is 426 g/mol. The van der Waals surface area contributed by atoms with Crippen LogP contribution >= 0.6 is 11.6 Å². The molecule has 2 N–H and O–H groups in total. The van der Waals surface area contributed by atoms with Crippen molar-refractivity contribution in [2.45, 2.75) is 12.3 Å². The summed E-state index contributed by atoms with van der Waals surface area (Å²) in [6, 6.07) is 10.0. The van der Waals surface area contributed by atoms with Crippen LogP contribution in [0.5, 0.6) is 11.5 Å². The third-order valence-electron chi connectivity index (χ3n) is 3.83. The molecule has 0 aliphatic carbocycles. The van der Waals surface area contributed by atoms with Crippen molar-refractivity contribution in [3.8, 4) is 11.5 Å². The Labute approximate surface area is 168 Å². The Bertz CT molecular complexity index is 963. The molecular weight excluding hydrogens is 413 g/mol. The van der Waals surface area contributed by atoms with Crippen LogP contribution in [-0.4, -0.2) is 24.5 Å². The third kappa shape index (κ3) is 5.20. The van der Waals surface area contributed by atoms with E-state index in [1.165, 1.54) is 6.07 Å². The van der Waals surface area contributed by atoms with E-state index in [0.717, 1.165) is 24.3 Å². The molecule has 2 aromatic carbocycles. The lowest BCUT2D eigenvalue weighted by Crippen LogP contribution is -2.50. The predicted octanol–water partition coefficient (Wildman–Crippen LogP) is 3.36. The van der Waals surface area contributed by atoms with Gasteiger partial charge in [-0.3, -0.25) is 20.4 Å². The van der Waals surface area contributed by atoms with Gasteiger partial charge < -0.3 is 9.47 Å². The molecule has 0 radical (unpaired) electrons. The van der Waals surface area contributed by atoms with Crippen molar-refractivity contribution in [3.63, 3.8) is 0 Å². The van der Waals surface area contributed by atoms with E-state index in [9.17, 15) is 22.8 Å². The second kappa shape index (κ2) is 8.44. The van der Waals surface area contributed by atoms with Crippen molar-refractivity contribution >= 4 is 29.5 Å². The Morgan fingerprint density at radius 1 is 1.10 bits per heavy atom. The maximum atomic E-state index is 12.8. The first-order valence-corrected chi connectivity index (χ1v) is 8.65. The lowest BCUT2D eigenvalue weighted by atomic mass is 10.1. The van der Waals surface area contributed by atoms with Gasteiger partial charge in [0.25, 0.3) is 11.8 Å². The molecule has 1 aliphatic rings. The Hall–Kier alpha value is -3.20. The van der Waals surface area contributed by atoms with Gasteiger partial charge in [-0.15, -0.1) is 0 Å². The lowest BCUT2D eigenvalue weighted by molar-refractivity contribution is -0.137. The minimum atomic E-state index is -4.61. The fourth-order valence-electron chi connectivity index (χ4n) is 2.43. The number of benzene rings is 2. The maximum Gasteiger partial charge on any atom is 0.417 e. The van der Waals surface area contributed by atoms with E-state index in [-0.39, 0.29) is 12.2 Å². The number of para-hydroxylation sites is 2. The Balaban J connectivity index is 1.54. The van der Waals surface area contributed by atoms with Crippen LogP contribution in [0.4, 0.5) is 13.2 Å². The van der Waals surface area contributed by atoms with E-state index < -0.39 is 34.7 Å². The van der Waals surface area contributed by atoms with E-state index in [1.807, 2.05) is 0 Å². The van der Waals surface area contributed by atoms with Crippen molar-refractivity contribution in [2.75, 3.05) is 6.61 Å². The third-order valence-corrected chi connectivity index (χ3v) is 4.16. The molecule has 0 bridgehead atoms. The summed E-state index contributed by atoms with van der Waals surface area (Å²) in [5.74, 6) is -0.496. The molecule has 0 fully saturated rings. The van der Waals surface area contributed by atoms with E-state index in [1.54, 1.807) is 24.3 Å². The standard InChI is InChI=1S/C19H14ClF3N2O4/c20-13-7-5-11(9-12(13)19(21,22)23)6-8-17(26)24-25-18(27)16-10-28-14-3-1-2-4-15(14)29-16/h1-9,16H,10H2,(H,24,26)(H,25,27)/b8-6+. The molecule has 1 atom stereocenters. The van der Waals surface area contributed by atoms with Crippen LogP contribution in [0.1, 0.15) is 11.1 Å². The summed E-state index contributed by atoms with van der Waals surface area (Å²) in [5.41, 5.74) is 3.39. The van der Waals surface area contributed by atoms with Crippen LogP contribution < -0.4 is 20.3 Å². The highest BCUT2D eigenvalue weighted by Gasteiger charge is 2.33. The second-order valence-corrected chi connectivity index (χ2v) is 6.32. The van der Waals surface area contributed by atoms with Crippen molar-refractivity contribution in [1.82, 2.24) is 10.9 Å². The number of fused-ring (bicyclic) bond motifs is 1. The number of hydrogen-bond acceptors (Lipinski definition) is 4. The van der Waals surface area contributed by atoms with Crippen LogP contribution in [0, 0.1) is 0 Å². The summed E-state index contributed by atoms with van der Waals surface area (Å²) in [4.78, 5) is 23.9. The topological polar surface area (TPSA) is 76.7 Å². The minimum Gasteiger partial charge on any atom is -0.485 e. The maximum absolute atomic E-state index is 12.8. The molecule has 2 aromatic rings. The zero-order valence-corrected chi connectivity index (χ0v) is 15.4. The molecule has 1 heterocycles. The summed E-state index contributed by atoms with van der Waals surface area (Å²) in [5, 5.41) is -0.442. The molecule has 152 valence electrons. The summed E-state index contributed by atoms with van der Waals surface area (Å²) in [7, 11) is 0. The highest BCUT2D eigenvalue weighted by Crippen LogP contribution is 2.35. The van der Waals surface area contributed by atoms with Crippen molar-refractivity contribution in [3.05, 3.63) is 64.7 Å². The van der Waals surface area contributed by atoms with Gasteiger partial charge in [0.15, 0.2) is 11.5 Å². The van der Waals surface area contributed by atoms with Gasteiger partial charge in [-0.2, -0.15) is 13.2 Å². The van der Waals surface area contributed by atoms with Gasteiger partial charge in [0.2, 0.25) is 6.10 Å². The number of rotatable bonds is 3. The normalized spacial score (nSPS) is 15.8. The predicted molar refractivity (Wildman–Crippen MR) is 98.1 cm³/mol. The number of carbonyl (C=O) groups excluding carboxylic acids is 2. The fourth-order valence-corrected chi connectivity index (χ4v) is 2.65. The molecule has 1 aliphatic heterocycles. The van der Waals surface area contributed by atoms with Crippen molar-refractivity contribution in [1.29, 1.82) is 0 Å². The van der Waals surface area contributed by atoms with Gasteiger partial charge >= 0.3 is 6.18 Å². The number of carbonyl (C=O) groups is 2.